The molecule has 0 bridgehead atoms. The Morgan fingerprint density at radius 3 is 2.33 bits per heavy atom. The Hall–Kier alpha value is -2.24. The van der Waals surface area contributed by atoms with Crippen molar-refractivity contribution >= 4 is 23.3 Å². The van der Waals surface area contributed by atoms with E-state index in [4.69, 9.17) is 10.8 Å². The molecule has 1 amide bonds. The van der Waals surface area contributed by atoms with E-state index in [2.05, 4.69) is 0 Å². The summed E-state index contributed by atoms with van der Waals surface area (Å²) in [6, 6.07) is 6.87. The van der Waals surface area contributed by atoms with Gasteiger partial charge in [0.1, 0.15) is 6.54 Å². The number of nitrogens with zero attached hydrogens (tertiary/aromatic N) is 2. The smallest absolute Gasteiger partial charge is 0.323 e. The van der Waals surface area contributed by atoms with Crippen LogP contribution in [0.1, 0.15) is 0 Å². The van der Waals surface area contributed by atoms with Crippen molar-refractivity contribution in [1.29, 1.82) is 0 Å². The van der Waals surface area contributed by atoms with Gasteiger partial charge in [0.25, 0.3) is 0 Å². The summed E-state index contributed by atoms with van der Waals surface area (Å²) in [7, 11) is 3.24. The number of nitrogens with two attached hydrogens (primary N) is 1. The van der Waals surface area contributed by atoms with Gasteiger partial charge in [-0.3, -0.25) is 9.59 Å². The number of carbonyl (C=O) groups is 2. The molecule has 3 N–H and O–H groups in total. The zero-order chi connectivity index (χ0) is 13.7. The standard InChI is InChI=1S/C12H17N3O3/c1-14(2)11(16)7-15(8-12(17)18)10-6-4-3-5-9(10)13/h3-6H,7-8,13H2,1-2H3,(H,17,18). The van der Waals surface area contributed by atoms with E-state index in [0.717, 1.165) is 0 Å². The minimum atomic E-state index is -1.01. The van der Waals surface area contributed by atoms with Crippen LogP contribution < -0.4 is 10.6 Å². The molecule has 18 heavy (non-hydrogen) atoms. The lowest BCUT2D eigenvalue weighted by molar-refractivity contribution is -0.135. The third kappa shape index (κ3) is 3.65. The Balaban J connectivity index is 2.95. The number of para-hydroxylation sites is 2. The summed E-state index contributed by atoms with van der Waals surface area (Å²) in [5.41, 5.74) is 6.79. The molecule has 6 heteroatoms. The molecule has 6 nitrogen and oxygen atoms in total. The zero-order valence-corrected chi connectivity index (χ0v) is 10.5. The summed E-state index contributed by atoms with van der Waals surface area (Å²) >= 11 is 0. The molecule has 0 aliphatic rings. The highest BCUT2D eigenvalue weighted by atomic mass is 16.4. The van der Waals surface area contributed by atoms with E-state index in [1.54, 1.807) is 38.4 Å². The monoisotopic (exact) mass is 251 g/mol. The minimum absolute atomic E-state index is 0.0203. The van der Waals surface area contributed by atoms with Gasteiger partial charge in [0.2, 0.25) is 5.91 Å². The SMILES string of the molecule is CN(C)C(=O)CN(CC(=O)O)c1ccccc1N. The average Bonchev–Trinajstić information content (AvgIpc) is 2.28. The number of carboxylic acid groups (broad SMARTS) is 1. The molecule has 0 aromatic heterocycles. The Kier molecular flexibility index (Phi) is 4.53. The van der Waals surface area contributed by atoms with Gasteiger partial charge in [-0.25, -0.2) is 0 Å². The number of anilines is 2. The Labute approximate surface area is 106 Å². The van der Waals surface area contributed by atoms with Crippen LogP contribution in [0.5, 0.6) is 0 Å². The number of nitrogen functional groups attached to an aromatic ring is 1. The number of benzene rings is 1. The highest BCUT2D eigenvalue weighted by Gasteiger charge is 2.17. The van der Waals surface area contributed by atoms with Crippen molar-refractivity contribution in [2.24, 2.45) is 0 Å². The second kappa shape index (κ2) is 5.90. The number of carbonyl (C=O) groups excluding carboxylic acids is 1. The summed E-state index contributed by atoms with van der Waals surface area (Å²) in [6.07, 6.45) is 0. The average molecular weight is 251 g/mol. The lowest BCUT2D eigenvalue weighted by atomic mass is 10.2. The number of aliphatic carboxylic acids is 1. The molecule has 0 atom stereocenters. The van der Waals surface area contributed by atoms with Gasteiger partial charge in [-0.2, -0.15) is 0 Å². The maximum atomic E-state index is 11.7. The van der Waals surface area contributed by atoms with Crippen LogP contribution in [0, 0.1) is 0 Å². The molecule has 0 unspecified atom stereocenters. The van der Waals surface area contributed by atoms with Gasteiger partial charge >= 0.3 is 5.97 Å². The molecule has 1 aromatic rings. The van der Waals surface area contributed by atoms with E-state index >= 15 is 0 Å². The highest BCUT2D eigenvalue weighted by Crippen LogP contribution is 2.22. The number of carboxylic acids is 1. The van der Waals surface area contributed by atoms with Crippen molar-refractivity contribution < 1.29 is 14.7 Å². The minimum Gasteiger partial charge on any atom is -0.480 e. The first-order valence-corrected chi connectivity index (χ1v) is 5.43. The van der Waals surface area contributed by atoms with Crippen molar-refractivity contribution in [3.63, 3.8) is 0 Å². The maximum Gasteiger partial charge on any atom is 0.323 e. The van der Waals surface area contributed by atoms with E-state index in [0.29, 0.717) is 11.4 Å². The Morgan fingerprint density at radius 2 is 1.83 bits per heavy atom. The molecule has 0 heterocycles. The largest absolute Gasteiger partial charge is 0.480 e. The lowest BCUT2D eigenvalue weighted by Gasteiger charge is -2.25. The van der Waals surface area contributed by atoms with E-state index in [9.17, 15) is 9.59 Å². The van der Waals surface area contributed by atoms with Crippen LogP contribution >= 0.6 is 0 Å². The first kappa shape index (κ1) is 13.8. The van der Waals surface area contributed by atoms with Gasteiger partial charge in [-0.05, 0) is 12.1 Å². The molecule has 0 spiro atoms. The first-order chi connectivity index (χ1) is 8.41. The summed E-state index contributed by atoms with van der Waals surface area (Å²) in [5, 5.41) is 8.88. The molecule has 0 fully saturated rings. The third-order valence-electron chi connectivity index (χ3n) is 2.43. The van der Waals surface area contributed by atoms with Gasteiger partial charge in [0.15, 0.2) is 0 Å². The summed E-state index contributed by atoms with van der Waals surface area (Å²) in [6.45, 7) is -0.290. The molecular weight excluding hydrogens is 234 g/mol. The third-order valence-corrected chi connectivity index (χ3v) is 2.43. The topological polar surface area (TPSA) is 86.9 Å². The summed E-state index contributed by atoms with van der Waals surface area (Å²) in [4.78, 5) is 25.4. The van der Waals surface area contributed by atoms with Crippen molar-refractivity contribution in [3.8, 4) is 0 Å². The quantitative estimate of drug-likeness (QED) is 0.732. The number of amides is 1. The van der Waals surface area contributed by atoms with E-state index in [1.165, 1.54) is 9.80 Å². The molecule has 0 saturated carbocycles. The second-order valence-corrected chi connectivity index (χ2v) is 4.10. The highest BCUT2D eigenvalue weighted by molar-refractivity contribution is 5.85. The molecule has 98 valence electrons. The van der Waals surface area contributed by atoms with Crippen molar-refractivity contribution in [2.75, 3.05) is 37.8 Å². The van der Waals surface area contributed by atoms with Crippen LogP contribution in [0.25, 0.3) is 0 Å². The van der Waals surface area contributed by atoms with Crippen LogP contribution in [0.3, 0.4) is 0 Å². The molecule has 0 radical (unpaired) electrons. The zero-order valence-electron chi connectivity index (χ0n) is 10.5. The number of hydrogen-bond donors (Lipinski definition) is 2. The molecule has 1 aromatic carbocycles. The second-order valence-electron chi connectivity index (χ2n) is 4.10. The Bertz CT molecular complexity index is 446. The molecule has 0 saturated heterocycles. The van der Waals surface area contributed by atoms with Gasteiger partial charge in [-0.1, -0.05) is 12.1 Å². The van der Waals surface area contributed by atoms with E-state index < -0.39 is 5.97 Å². The van der Waals surface area contributed by atoms with E-state index in [-0.39, 0.29) is 19.0 Å². The predicted octanol–water partition coefficient (Wildman–Crippen LogP) is 0.248. The lowest BCUT2D eigenvalue weighted by Crippen LogP contribution is -2.39. The number of hydrogen-bond acceptors (Lipinski definition) is 4. The normalized spacial score (nSPS) is 9.89. The maximum absolute atomic E-state index is 11.7. The van der Waals surface area contributed by atoms with Crippen molar-refractivity contribution in [1.82, 2.24) is 4.90 Å². The van der Waals surface area contributed by atoms with E-state index in [1.807, 2.05) is 0 Å². The fourth-order valence-corrected chi connectivity index (χ4v) is 1.47. The Morgan fingerprint density at radius 1 is 1.22 bits per heavy atom. The van der Waals surface area contributed by atoms with Gasteiger partial charge < -0.3 is 20.6 Å². The van der Waals surface area contributed by atoms with Crippen LogP contribution in [0.4, 0.5) is 11.4 Å². The number of likely N-dealkylation sites (N-methyl/N-ethyl adjacent to an activating group) is 1. The van der Waals surface area contributed by atoms with Gasteiger partial charge in [0.05, 0.1) is 17.9 Å². The molecular formula is C12H17N3O3. The summed E-state index contributed by atoms with van der Waals surface area (Å²) < 4.78 is 0. The van der Waals surface area contributed by atoms with Crippen molar-refractivity contribution in [2.45, 2.75) is 0 Å². The fourth-order valence-electron chi connectivity index (χ4n) is 1.47. The summed E-state index contributed by atoms with van der Waals surface area (Å²) in [5.74, 6) is -1.19. The van der Waals surface area contributed by atoms with Crippen LogP contribution in [0.2, 0.25) is 0 Å². The van der Waals surface area contributed by atoms with Crippen LogP contribution in [0.15, 0.2) is 24.3 Å². The first-order valence-electron chi connectivity index (χ1n) is 5.43. The van der Waals surface area contributed by atoms with Crippen LogP contribution in [-0.4, -0.2) is 49.1 Å². The van der Waals surface area contributed by atoms with Crippen molar-refractivity contribution in [3.05, 3.63) is 24.3 Å². The molecule has 0 aliphatic heterocycles. The predicted molar refractivity (Wildman–Crippen MR) is 69.4 cm³/mol. The number of rotatable bonds is 5. The van der Waals surface area contributed by atoms with Gasteiger partial charge in [0, 0.05) is 14.1 Å². The van der Waals surface area contributed by atoms with Gasteiger partial charge in [-0.15, -0.1) is 0 Å². The molecule has 1 rings (SSSR count). The molecule has 0 aliphatic carbocycles. The van der Waals surface area contributed by atoms with Crippen LogP contribution in [-0.2, 0) is 9.59 Å². The fraction of sp³-hybridized carbons (Fsp3) is 0.333.